The molecule has 0 rings (SSSR count). The Kier molecular flexibility index (Phi) is 1.86. The van der Waals surface area contributed by atoms with E-state index >= 15 is 0 Å². The van der Waals surface area contributed by atoms with E-state index in [1.165, 1.54) is 0 Å². The number of hydrogen-bond acceptors (Lipinski definition) is 0. The maximum absolute atomic E-state index is 11.3. The van der Waals surface area contributed by atoms with Gasteiger partial charge in [-0.3, -0.25) is 0 Å². The molecule has 0 heterocycles. The standard InChI is InChI=1S/C3H5FSi/c1-2-3(4)5/h1,3H,5H3. The average Bonchev–Trinajstić information content (AvgIpc) is 1.38. The Bertz CT molecular complexity index is 52.4. The molecule has 0 bridgehead atoms. The lowest BCUT2D eigenvalue weighted by Gasteiger charge is -1.75. The van der Waals surface area contributed by atoms with Gasteiger partial charge in [0, 0.05) is 0 Å². The van der Waals surface area contributed by atoms with Crippen LogP contribution in [-0.4, -0.2) is 16.0 Å². The van der Waals surface area contributed by atoms with Crippen molar-refractivity contribution < 1.29 is 4.39 Å². The van der Waals surface area contributed by atoms with Gasteiger partial charge < -0.3 is 0 Å². The minimum atomic E-state index is -0.949. The molecular formula is C3H5FSi. The highest BCUT2D eigenvalue weighted by Crippen LogP contribution is 1.71. The van der Waals surface area contributed by atoms with Crippen molar-refractivity contribution in [3.05, 3.63) is 0 Å². The highest BCUT2D eigenvalue weighted by Gasteiger charge is 1.80. The maximum atomic E-state index is 11.3. The highest BCUT2D eigenvalue weighted by atomic mass is 28.1. The quantitative estimate of drug-likeness (QED) is 0.271. The Morgan fingerprint density at radius 2 is 2.20 bits per heavy atom. The predicted octanol–water partition coefficient (Wildman–Crippen LogP) is -0.719. The minimum Gasteiger partial charge on any atom is -0.239 e. The number of terminal acetylenes is 1. The molecule has 0 saturated heterocycles. The van der Waals surface area contributed by atoms with Gasteiger partial charge in [0.05, 0.1) is 10.2 Å². The SMILES string of the molecule is C#CC(F)[SiH3]. The first-order valence-corrected chi connectivity index (χ1v) is 2.53. The molecular weight excluding hydrogens is 83.1 g/mol. The van der Waals surface area contributed by atoms with Crippen LogP contribution in [0.2, 0.25) is 0 Å². The fourth-order valence-electron chi connectivity index (χ4n) is 0. The number of alkyl halides is 1. The zero-order valence-corrected chi connectivity index (χ0v) is 5.03. The van der Waals surface area contributed by atoms with Crippen molar-refractivity contribution >= 4 is 10.2 Å². The molecule has 0 aliphatic carbocycles. The first-order valence-electron chi connectivity index (χ1n) is 1.37. The lowest BCUT2D eigenvalue weighted by atomic mass is 10.8. The van der Waals surface area contributed by atoms with Crippen molar-refractivity contribution in [1.29, 1.82) is 0 Å². The van der Waals surface area contributed by atoms with E-state index in [1.54, 1.807) is 0 Å². The first-order chi connectivity index (χ1) is 2.27. The second-order valence-corrected chi connectivity index (χ2v) is 1.80. The lowest BCUT2D eigenvalue weighted by molar-refractivity contribution is 0.524. The summed E-state index contributed by atoms with van der Waals surface area (Å²) in [5.41, 5.74) is 0. The largest absolute Gasteiger partial charge is 0.239 e. The van der Waals surface area contributed by atoms with E-state index in [2.05, 4.69) is 6.42 Å². The van der Waals surface area contributed by atoms with Gasteiger partial charge >= 0.3 is 0 Å². The molecule has 0 saturated carbocycles. The molecule has 0 aromatic rings. The molecule has 0 amide bonds. The summed E-state index contributed by atoms with van der Waals surface area (Å²) < 4.78 is 11.3. The van der Waals surface area contributed by atoms with E-state index in [0.29, 0.717) is 10.2 Å². The molecule has 0 radical (unpaired) electrons. The van der Waals surface area contributed by atoms with Crippen molar-refractivity contribution in [2.24, 2.45) is 0 Å². The van der Waals surface area contributed by atoms with E-state index in [0.717, 1.165) is 0 Å². The van der Waals surface area contributed by atoms with E-state index < -0.39 is 5.79 Å². The zero-order valence-electron chi connectivity index (χ0n) is 3.03. The Morgan fingerprint density at radius 1 is 2.00 bits per heavy atom. The topological polar surface area (TPSA) is 0 Å². The Hall–Kier alpha value is -0.293. The Labute approximate surface area is 33.8 Å². The number of halogens is 1. The van der Waals surface area contributed by atoms with E-state index in [1.807, 2.05) is 5.92 Å². The van der Waals surface area contributed by atoms with Gasteiger partial charge in [-0.15, -0.1) is 6.42 Å². The summed E-state index contributed by atoms with van der Waals surface area (Å²) in [5, 5.41) is 0. The van der Waals surface area contributed by atoms with Crippen LogP contribution in [0.15, 0.2) is 0 Å². The van der Waals surface area contributed by atoms with Crippen LogP contribution in [0.1, 0.15) is 0 Å². The number of rotatable bonds is 0. The molecule has 1 atom stereocenters. The molecule has 5 heavy (non-hydrogen) atoms. The average molecular weight is 88.2 g/mol. The van der Waals surface area contributed by atoms with Gasteiger partial charge in [0.25, 0.3) is 0 Å². The van der Waals surface area contributed by atoms with Crippen molar-refractivity contribution in [2.45, 2.75) is 5.79 Å². The van der Waals surface area contributed by atoms with Gasteiger partial charge in [-0.25, -0.2) is 4.39 Å². The van der Waals surface area contributed by atoms with Crippen molar-refractivity contribution in [3.63, 3.8) is 0 Å². The fraction of sp³-hybridized carbons (Fsp3) is 0.333. The molecule has 0 aliphatic rings. The summed E-state index contributed by atoms with van der Waals surface area (Å²) in [6.07, 6.45) is 4.58. The van der Waals surface area contributed by atoms with Gasteiger partial charge in [-0.05, 0) is 0 Å². The summed E-state index contributed by atoms with van der Waals surface area (Å²) >= 11 is 0. The molecule has 0 spiro atoms. The van der Waals surface area contributed by atoms with Gasteiger partial charge in [0.2, 0.25) is 0 Å². The second-order valence-electron chi connectivity index (χ2n) is 0.783. The Balaban J connectivity index is 2.94. The predicted molar refractivity (Wildman–Crippen MR) is 23.7 cm³/mol. The van der Waals surface area contributed by atoms with Gasteiger partial charge in [0.15, 0.2) is 0 Å². The van der Waals surface area contributed by atoms with Gasteiger partial charge in [-0.2, -0.15) is 0 Å². The van der Waals surface area contributed by atoms with Crippen molar-refractivity contribution in [2.75, 3.05) is 0 Å². The van der Waals surface area contributed by atoms with Crippen molar-refractivity contribution in [3.8, 4) is 12.3 Å². The van der Waals surface area contributed by atoms with Crippen LogP contribution in [0.4, 0.5) is 4.39 Å². The summed E-state index contributed by atoms with van der Waals surface area (Å²) in [4.78, 5) is 0. The number of hydrogen-bond donors (Lipinski definition) is 0. The summed E-state index contributed by atoms with van der Waals surface area (Å²) in [7, 11) is 0.467. The fourth-order valence-corrected chi connectivity index (χ4v) is 0. The van der Waals surface area contributed by atoms with E-state index in [9.17, 15) is 4.39 Å². The van der Waals surface area contributed by atoms with E-state index in [-0.39, 0.29) is 0 Å². The van der Waals surface area contributed by atoms with Crippen LogP contribution in [0.3, 0.4) is 0 Å². The first kappa shape index (κ1) is 4.71. The maximum Gasteiger partial charge on any atom is 0.137 e. The van der Waals surface area contributed by atoms with Crippen LogP contribution in [0, 0.1) is 12.3 Å². The minimum absolute atomic E-state index is 0.467. The molecule has 0 aliphatic heterocycles. The molecule has 0 nitrogen and oxygen atoms in total. The zero-order chi connectivity index (χ0) is 4.28. The molecule has 0 aromatic heterocycles. The van der Waals surface area contributed by atoms with Gasteiger partial charge in [0.1, 0.15) is 5.79 Å². The molecule has 2 heteroatoms. The van der Waals surface area contributed by atoms with Crippen LogP contribution < -0.4 is 0 Å². The normalized spacial score (nSPS) is 13.6. The summed E-state index contributed by atoms with van der Waals surface area (Å²) in [5.74, 6) is 0.974. The molecule has 0 N–H and O–H groups in total. The van der Waals surface area contributed by atoms with Gasteiger partial charge in [-0.1, -0.05) is 5.92 Å². The molecule has 28 valence electrons. The smallest absolute Gasteiger partial charge is 0.137 e. The molecule has 0 aromatic carbocycles. The summed E-state index contributed by atoms with van der Waals surface area (Å²) in [6.45, 7) is 0. The summed E-state index contributed by atoms with van der Waals surface area (Å²) in [6, 6.07) is 0. The second kappa shape index (κ2) is 1.98. The monoisotopic (exact) mass is 88.0 g/mol. The third-order valence-corrected chi connectivity index (χ3v) is 0.563. The molecule has 0 fully saturated rings. The van der Waals surface area contributed by atoms with Crippen LogP contribution in [0.5, 0.6) is 0 Å². The van der Waals surface area contributed by atoms with Crippen LogP contribution >= 0.6 is 0 Å². The third kappa shape index (κ3) is 3.71. The third-order valence-electron chi connectivity index (χ3n) is 0.230. The lowest BCUT2D eigenvalue weighted by Crippen LogP contribution is -1.89. The molecule has 1 unspecified atom stereocenters. The van der Waals surface area contributed by atoms with Crippen LogP contribution in [0.25, 0.3) is 0 Å². The van der Waals surface area contributed by atoms with Crippen molar-refractivity contribution in [1.82, 2.24) is 0 Å². The van der Waals surface area contributed by atoms with Crippen LogP contribution in [-0.2, 0) is 0 Å². The highest BCUT2D eigenvalue weighted by molar-refractivity contribution is 6.12. The Morgan fingerprint density at radius 3 is 2.20 bits per heavy atom. The van der Waals surface area contributed by atoms with E-state index in [4.69, 9.17) is 0 Å².